The second-order valence-electron chi connectivity index (χ2n) is 7.88. The predicted octanol–water partition coefficient (Wildman–Crippen LogP) is 2.93. The van der Waals surface area contributed by atoms with Crippen molar-refractivity contribution >= 4 is 44.0 Å². The summed E-state index contributed by atoms with van der Waals surface area (Å²) in [6.45, 7) is 3.09. The van der Waals surface area contributed by atoms with E-state index in [2.05, 4.69) is 15.2 Å². The van der Waals surface area contributed by atoms with Crippen molar-refractivity contribution in [2.75, 3.05) is 31.2 Å². The molecule has 0 atom stereocenters. The summed E-state index contributed by atoms with van der Waals surface area (Å²) >= 11 is 0.974. The molecule has 2 heterocycles. The number of rotatable bonds is 11. The van der Waals surface area contributed by atoms with Crippen molar-refractivity contribution in [3.63, 3.8) is 0 Å². The number of carbonyl (C=O) groups is 3. The van der Waals surface area contributed by atoms with Crippen LogP contribution < -0.4 is 10.1 Å². The fourth-order valence-electron chi connectivity index (χ4n) is 3.44. The van der Waals surface area contributed by atoms with E-state index in [0.29, 0.717) is 6.42 Å². The normalized spacial score (nSPS) is 14.2. The summed E-state index contributed by atoms with van der Waals surface area (Å²) in [5.41, 5.74) is 0.0962. The van der Waals surface area contributed by atoms with Crippen LogP contribution in [0.2, 0.25) is 0 Å². The van der Waals surface area contributed by atoms with Crippen LogP contribution >= 0.6 is 11.3 Å². The third kappa shape index (κ3) is 7.72. The van der Waals surface area contributed by atoms with Crippen molar-refractivity contribution in [2.24, 2.45) is 0 Å². The van der Waals surface area contributed by atoms with E-state index in [4.69, 9.17) is 4.74 Å². The number of anilines is 1. The number of sulfone groups is 1. The SMILES string of the molecule is CS(=O)(=O)c1csc(NC(=O)c2ccccc2OC(=O)CCC(=O)CCCN2CCCC2)n1. The van der Waals surface area contributed by atoms with E-state index in [1.807, 2.05) is 0 Å². The molecule has 1 aromatic heterocycles. The van der Waals surface area contributed by atoms with Gasteiger partial charge in [-0.3, -0.25) is 19.7 Å². The number of carbonyl (C=O) groups excluding carboxylic acids is 3. The van der Waals surface area contributed by atoms with Crippen LogP contribution in [0.15, 0.2) is 34.7 Å². The Morgan fingerprint density at radius 2 is 1.85 bits per heavy atom. The van der Waals surface area contributed by atoms with Gasteiger partial charge in [0.25, 0.3) is 5.91 Å². The summed E-state index contributed by atoms with van der Waals surface area (Å²) in [6.07, 6.45) is 4.71. The molecule has 3 rings (SSSR count). The van der Waals surface area contributed by atoms with Crippen molar-refractivity contribution in [1.29, 1.82) is 0 Å². The Hall–Kier alpha value is -2.63. The van der Waals surface area contributed by atoms with Crippen LogP contribution in [-0.4, -0.2) is 61.9 Å². The van der Waals surface area contributed by atoms with Gasteiger partial charge in [0.1, 0.15) is 11.5 Å². The number of likely N-dealkylation sites (tertiary alicyclic amines) is 1. The van der Waals surface area contributed by atoms with Gasteiger partial charge in [-0.25, -0.2) is 13.4 Å². The fourth-order valence-corrected chi connectivity index (χ4v) is 5.17. The fraction of sp³-hybridized carbons (Fsp3) is 0.455. The number of nitrogens with zero attached hydrogens (tertiary/aromatic N) is 2. The van der Waals surface area contributed by atoms with Crippen molar-refractivity contribution in [3.8, 4) is 5.75 Å². The molecule has 9 nitrogen and oxygen atoms in total. The summed E-state index contributed by atoms with van der Waals surface area (Å²) < 4.78 is 28.4. The monoisotopic (exact) mass is 493 g/mol. The maximum absolute atomic E-state index is 12.6. The molecule has 0 spiro atoms. The van der Waals surface area contributed by atoms with E-state index in [1.165, 1.54) is 30.4 Å². The van der Waals surface area contributed by atoms with E-state index in [0.717, 1.165) is 43.6 Å². The molecule has 2 aromatic rings. The third-order valence-corrected chi connectivity index (χ3v) is 7.05. The molecule has 1 aliphatic heterocycles. The second kappa shape index (κ2) is 11.5. The first-order chi connectivity index (χ1) is 15.7. The molecule has 0 radical (unpaired) electrons. The quantitative estimate of drug-likeness (QED) is 0.374. The molecule has 1 amide bonds. The Morgan fingerprint density at radius 3 is 2.55 bits per heavy atom. The Balaban J connectivity index is 1.49. The van der Waals surface area contributed by atoms with E-state index in [-0.39, 0.29) is 40.1 Å². The van der Waals surface area contributed by atoms with E-state index < -0.39 is 21.7 Å². The van der Waals surface area contributed by atoms with Gasteiger partial charge in [-0.05, 0) is 51.0 Å². The maximum Gasteiger partial charge on any atom is 0.311 e. The first-order valence-electron chi connectivity index (χ1n) is 10.7. The lowest BCUT2D eigenvalue weighted by atomic mass is 10.1. The first-order valence-corrected chi connectivity index (χ1v) is 13.5. The molecule has 0 saturated carbocycles. The highest BCUT2D eigenvalue weighted by Crippen LogP contribution is 2.23. The van der Waals surface area contributed by atoms with Crippen molar-refractivity contribution < 1.29 is 27.5 Å². The Morgan fingerprint density at radius 1 is 1.12 bits per heavy atom. The number of nitrogens with one attached hydrogen (secondary N) is 1. The maximum atomic E-state index is 12.6. The standard InChI is InChI=1S/C22H27N3O6S2/c1-33(29,30)19-15-32-22(23-19)24-21(28)17-8-2-3-9-18(17)31-20(27)11-10-16(26)7-6-14-25-12-4-5-13-25/h2-3,8-9,15H,4-7,10-14H2,1H3,(H,23,24,28). The number of ketones is 1. The lowest BCUT2D eigenvalue weighted by Crippen LogP contribution is -2.21. The molecular weight excluding hydrogens is 466 g/mol. The van der Waals surface area contributed by atoms with Crippen LogP contribution in [0.3, 0.4) is 0 Å². The van der Waals surface area contributed by atoms with Crippen LogP contribution in [0.25, 0.3) is 0 Å². The lowest BCUT2D eigenvalue weighted by Gasteiger charge is -2.13. The number of ether oxygens (including phenoxy) is 1. The van der Waals surface area contributed by atoms with Gasteiger partial charge >= 0.3 is 5.97 Å². The van der Waals surface area contributed by atoms with Crippen molar-refractivity contribution in [3.05, 3.63) is 35.2 Å². The van der Waals surface area contributed by atoms with Gasteiger partial charge in [-0.15, -0.1) is 11.3 Å². The average Bonchev–Trinajstić information content (AvgIpc) is 3.45. The lowest BCUT2D eigenvalue weighted by molar-refractivity contribution is -0.136. The molecule has 1 N–H and O–H groups in total. The van der Waals surface area contributed by atoms with Crippen LogP contribution in [0.4, 0.5) is 5.13 Å². The second-order valence-corrected chi connectivity index (χ2v) is 10.7. The molecule has 1 aromatic carbocycles. The molecule has 0 bridgehead atoms. The van der Waals surface area contributed by atoms with Gasteiger partial charge in [0.15, 0.2) is 20.0 Å². The van der Waals surface area contributed by atoms with Gasteiger partial charge in [0.2, 0.25) is 0 Å². The molecule has 0 aliphatic carbocycles. The highest BCUT2D eigenvalue weighted by Gasteiger charge is 2.19. The number of para-hydroxylation sites is 1. The molecule has 178 valence electrons. The molecule has 33 heavy (non-hydrogen) atoms. The van der Waals surface area contributed by atoms with Gasteiger partial charge in [0.05, 0.1) is 12.0 Å². The molecule has 1 aliphatic rings. The Labute approximate surface area is 197 Å². The number of benzene rings is 1. The number of hydrogen-bond acceptors (Lipinski definition) is 9. The molecule has 1 fully saturated rings. The minimum atomic E-state index is -3.48. The zero-order valence-electron chi connectivity index (χ0n) is 18.4. The molecule has 1 saturated heterocycles. The van der Waals surface area contributed by atoms with E-state index >= 15 is 0 Å². The van der Waals surface area contributed by atoms with Crippen LogP contribution in [0.5, 0.6) is 5.75 Å². The van der Waals surface area contributed by atoms with E-state index in [1.54, 1.807) is 12.1 Å². The van der Waals surface area contributed by atoms with Gasteiger partial charge in [0, 0.05) is 24.5 Å². The van der Waals surface area contributed by atoms with Crippen LogP contribution in [0, 0.1) is 0 Å². The minimum absolute atomic E-state index is 0.0163. The average molecular weight is 494 g/mol. The summed E-state index contributed by atoms with van der Waals surface area (Å²) in [6, 6.07) is 6.19. The zero-order chi connectivity index (χ0) is 23.8. The summed E-state index contributed by atoms with van der Waals surface area (Å²) in [4.78, 5) is 43.2. The summed E-state index contributed by atoms with van der Waals surface area (Å²) in [7, 11) is -3.48. The van der Waals surface area contributed by atoms with Crippen molar-refractivity contribution in [2.45, 2.75) is 43.6 Å². The number of esters is 1. The highest BCUT2D eigenvalue weighted by atomic mass is 32.2. The van der Waals surface area contributed by atoms with Gasteiger partial charge in [-0.2, -0.15) is 0 Å². The Kier molecular flexibility index (Phi) is 8.70. The van der Waals surface area contributed by atoms with Crippen molar-refractivity contribution in [1.82, 2.24) is 9.88 Å². The van der Waals surface area contributed by atoms with Crippen LogP contribution in [0.1, 0.15) is 48.9 Å². The van der Waals surface area contributed by atoms with Crippen LogP contribution in [-0.2, 0) is 19.4 Å². The number of thiazole rings is 1. The first kappa shape index (κ1) is 25.0. The number of Topliss-reactive ketones (excluding diaryl/α,β-unsaturated/α-hetero) is 1. The summed E-state index contributed by atoms with van der Waals surface area (Å²) in [5, 5.41) is 3.83. The largest absolute Gasteiger partial charge is 0.426 e. The molecular formula is C22H27N3O6S2. The topological polar surface area (TPSA) is 123 Å². The highest BCUT2D eigenvalue weighted by molar-refractivity contribution is 7.90. The zero-order valence-corrected chi connectivity index (χ0v) is 20.0. The predicted molar refractivity (Wildman–Crippen MR) is 124 cm³/mol. The minimum Gasteiger partial charge on any atom is -0.426 e. The van der Waals surface area contributed by atoms with Gasteiger partial charge in [-0.1, -0.05) is 12.1 Å². The summed E-state index contributed by atoms with van der Waals surface area (Å²) in [5.74, 6) is -1.12. The molecule has 11 heteroatoms. The Bertz CT molecular complexity index is 1110. The smallest absolute Gasteiger partial charge is 0.311 e. The van der Waals surface area contributed by atoms with E-state index in [9.17, 15) is 22.8 Å². The van der Waals surface area contributed by atoms with Gasteiger partial charge < -0.3 is 9.64 Å². The molecule has 0 unspecified atom stereocenters. The number of aromatic nitrogens is 1. The third-order valence-electron chi connectivity index (χ3n) is 5.18. The number of hydrogen-bond donors (Lipinski definition) is 1. The number of amides is 1.